The van der Waals surface area contributed by atoms with Crippen molar-refractivity contribution < 1.29 is 9.47 Å². The van der Waals surface area contributed by atoms with Crippen LogP contribution < -0.4 is 30.8 Å². The quantitative estimate of drug-likeness (QED) is 0.161. The van der Waals surface area contributed by atoms with Crippen LogP contribution in [0.1, 0.15) is 49.9 Å². The van der Waals surface area contributed by atoms with Gasteiger partial charge in [0.25, 0.3) is 6.71 Å². The summed E-state index contributed by atoms with van der Waals surface area (Å²) in [6.07, 6.45) is 0. The third-order valence-corrected chi connectivity index (χ3v) is 14.6. The Morgan fingerprint density at radius 1 is 0.359 bits per heavy atom. The Labute approximate surface area is 375 Å². The van der Waals surface area contributed by atoms with E-state index in [0.717, 1.165) is 78.7 Å². The third-order valence-electron chi connectivity index (χ3n) is 14.6. The van der Waals surface area contributed by atoms with Gasteiger partial charge in [-0.1, -0.05) is 173 Å². The molecular formula is C60H44BNO2. The van der Waals surface area contributed by atoms with Crippen molar-refractivity contribution >= 4 is 40.2 Å². The molecule has 2 aliphatic carbocycles. The van der Waals surface area contributed by atoms with Gasteiger partial charge in [-0.25, -0.2) is 0 Å². The molecule has 4 aliphatic rings. The second-order valence-electron chi connectivity index (χ2n) is 18.8. The standard InChI is InChI=1S/C60H44BNO2/c1-59(2)48-25-13-11-21-44(48)46-31-29-37(33-50(46)59)42-23-15-27-52-57(42)63-54-35-41(62(39-17-7-5-8-18-39)40-19-9-6-10-20-40)36-55-56(54)61(52)53-28-16-24-43(58(53)64-55)38-30-32-47-45-22-12-14-26-49(45)60(3,4)51(47)34-38/h5-36H,1-4H3. The lowest BCUT2D eigenvalue weighted by Gasteiger charge is -2.36. The molecule has 0 amide bonds. The first-order valence-electron chi connectivity index (χ1n) is 22.4. The van der Waals surface area contributed by atoms with Crippen molar-refractivity contribution in [1.29, 1.82) is 0 Å². The van der Waals surface area contributed by atoms with Gasteiger partial charge in [0.05, 0.1) is 5.69 Å². The zero-order valence-electron chi connectivity index (χ0n) is 36.3. The van der Waals surface area contributed by atoms with Crippen molar-refractivity contribution in [2.24, 2.45) is 0 Å². The van der Waals surface area contributed by atoms with Gasteiger partial charge in [0.1, 0.15) is 23.0 Å². The highest BCUT2D eigenvalue weighted by Gasteiger charge is 2.43. The highest BCUT2D eigenvalue weighted by atomic mass is 16.5. The highest BCUT2D eigenvalue weighted by molar-refractivity contribution is 6.98. The summed E-state index contributed by atoms with van der Waals surface area (Å²) >= 11 is 0. The maximum absolute atomic E-state index is 7.33. The molecule has 9 aromatic carbocycles. The number of ether oxygens (including phenoxy) is 2. The monoisotopic (exact) mass is 821 g/mol. The molecule has 304 valence electrons. The predicted octanol–water partition coefficient (Wildman–Crippen LogP) is 13.8. The van der Waals surface area contributed by atoms with E-state index in [-0.39, 0.29) is 17.5 Å². The van der Waals surface area contributed by atoms with Crippen LogP contribution in [0.15, 0.2) is 194 Å². The largest absolute Gasteiger partial charge is 0.458 e. The van der Waals surface area contributed by atoms with E-state index < -0.39 is 0 Å². The number of hydrogen-bond acceptors (Lipinski definition) is 3. The number of para-hydroxylation sites is 4. The van der Waals surface area contributed by atoms with Gasteiger partial charge >= 0.3 is 0 Å². The Morgan fingerprint density at radius 3 is 1.23 bits per heavy atom. The van der Waals surface area contributed by atoms with Crippen LogP contribution in [0, 0.1) is 0 Å². The van der Waals surface area contributed by atoms with Crippen molar-refractivity contribution in [1.82, 2.24) is 0 Å². The average molecular weight is 822 g/mol. The van der Waals surface area contributed by atoms with Gasteiger partial charge < -0.3 is 14.4 Å². The minimum atomic E-state index is -0.127. The Bertz CT molecular complexity index is 3180. The van der Waals surface area contributed by atoms with Crippen LogP contribution in [0.5, 0.6) is 23.0 Å². The van der Waals surface area contributed by atoms with Gasteiger partial charge in [0.15, 0.2) is 0 Å². The van der Waals surface area contributed by atoms with Crippen LogP contribution in [0.4, 0.5) is 17.1 Å². The second-order valence-corrected chi connectivity index (χ2v) is 18.8. The maximum Gasteiger partial charge on any atom is 0.260 e. The molecular weight excluding hydrogens is 777 g/mol. The van der Waals surface area contributed by atoms with Crippen LogP contribution in [0.2, 0.25) is 0 Å². The molecule has 0 bridgehead atoms. The Kier molecular flexibility index (Phi) is 7.80. The zero-order valence-corrected chi connectivity index (χ0v) is 36.3. The van der Waals surface area contributed by atoms with Crippen LogP contribution in [-0.4, -0.2) is 6.71 Å². The fourth-order valence-electron chi connectivity index (χ4n) is 11.5. The molecule has 13 rings (SSSR count). The fraction of sp³-hybridized carbons (Fsp3) is 0.100. The molecule has 0 fully saturated rings. The van der Waals surface area contributed by atoms with Crippen LogP contribution in [0.25, 0.3) is 44.5 Å². The number of fused-ring (bicyclic) bond motifs is 10. The van der Waals surface area contributed by atoms with Crippen LogP contribution >= 0.6 is 0 Å². The molecule has 4 heteroatoms. The molecule has 0 saturated carbocycles. The summed E-state index contributed by atoms with van der Waals surface area (Å²) in [4.78, 5) is 2.29. The van der Waals surface area contributed by atoms with E-state index in [1.54, 1.807) is 0 Å². The molecule has 64 heavy (non-hydrogen) atoms. The lowest BCUT2D eigenvalue weighted by atomic mass is 9.34. The minimum Gasteiger partial charge on any atom is -0.458 e. The summed E-state index contributed by atoms with van der Waals surface area (Å²) in [6, 6.07) is 70.6. The van der Waals surface area contributed by atoms with Crippen molar-refractivity contribution in [3.63, 3.8) is 0 Å². The Balaban J connectivity index is 1.02. The number of anilines is 3. The highest BCUT2D eigenvalue weighted by Crippen LogP contribution is 2.53. The average Bonchev–Trinajstić information content (AvgIpc) is 3.70. The molecule has 0 aromatic heterocycles. The van der Waals surface area contributed by atoms with E-state index in [0.29, 0.717) is 0 Å². The SMILES string of the molecule is CC1(C)c2ccccc2-c2ccc(-c3cccc4c3Oc3cc(N(c5ccccc5)c5ccccc5)cc5c3B4c3cccc(-c4ccc6c(c4)C(C)(C)c4ccccc4-6)c3O5)cc21. The van der Waals surface area contributed by atoms with Gasteiger partial charge in [-0.05, 0) is 103 Å². The lowest BCUT2D eigenvalue weighted by Crippen LogP contribution is -2.57. The predicted molar refractivity (Wildman–Crippen MR) is 265 cm³/mol. The summed E-state index contributed by atoms with van der Waals surface area (Å²) in [5, 5.41) is 0. The summed E-state index contributed by atoms with van der Waals surface area (Å²) < 4.78 is 14.7. The minimum absolute atomic E-state index is 0.126. The first kappa shape index (κ1) is 37.0. The van der Waals surface area contributed by atoms with Gasteiger partial charge in [-0.3, -0.25) is 0 Å². The fourth-order valence-corrected chi connectivity index (χ4v) is 11.5. The van der Waals surface area contributed by atoms with E-state index in [2.05, 4.69) is 227 Å². The van der Waals surface area contributed by atoms with Gasteiger partial charge in [0.2, 0.25) is 0 Å². The van der Waals surface area contributed by atoms with E-state index in [1.165, 1.54) is 44.5 Å². The van der Waals surface area contributed by atoms with E-state index >= 15 is 0 Å². The van der Waals surface area contributed by atoms with E-state index in [1.807, 2.05) is 0 Å². The molecule has 2 aliphatic heterocycles. The first-order chi connectivity index (χ1) is 31.3. The number of hydrogen-bond donors (Lipinski definition) is 0. The van der Waals surface area contributed by atoms with E-state index in [4.69, 9.17) is 9.47 Å². The van der Waals surface area contributed by atoms with Gasteiger partial charge in [-0.2, -0.15) is 0 Å². The molecule has 0 N–H and O–H groups in total. The summed E-state index contributed by atoms with van der Waals surface area (Å²) in [5.41, 5.74) is 21.3. The van der Waals surface area contributed by atoms with Crippen molar-refractivity contribution in [3.8, 4) is 67.5 Å². The summed E-state index contributed by atoms with van der Waals surface area (Å²) in [6.45, 7) is 9.26. The molecule has 2 heterocycles. The zero-order chi connectivity index (χ0) is 42.9. The number of benzene rings is 9. The lowest BCUT2D eigenvalue weighted by molar-refractivity contribution is 0.466. The topological polar surface area (TPSA) is 21.7 Å². The summed E-state index contributed by atoms with van der Waals surface area (Å²) in [7, 11) is 0. The number of nitrogens with zero attached hydrogens (tertiary/aromatic N) is 1. The van der Waals surface area contributed by atoms with Gasteiger partial charge in [-0.15, -0.1) is 0 Å². The summed E-state index contributed by atoms with van der Waals surface area (Å²) in [5.74, 6) is 3.38. The van der Waals surface area contributed by atoms with Crippen molar-refractivity contribution in [3.05, 3.63) is 216 Å². The molecule has 0 saturated heterocycles. The van der Waals surface area contributed by atoms with Gasteiger partial charge in [0, 0.05) is 50.9 Å². The second kappa shape index (κ2) is 13.5. The molecule has 3 nitrogen and oxygen atoms in total. The maximum atomic E-state index is 7.33. The van der Waals surface area contributed by atoms with Crippen LogP contribution in [-0.2, 0) is 10.8 Å². The van der Waals surface area contributed by atoms with Crippen LogP contribution in [0.3, 0.4) is 0 Å². The smallest absolute Gasteiger partial charge is 0.260 e. The third kappa shape index (κ3) is 5.23. The molecule has 0 spiro atoms. The van der Waals surface area contributed by atoms with Crippen molar-refractivity contribution in [2.75, 3.05) is 4.90 Å². The molecule has 0 unspecified atom stereocenters. The van der Waals surface area contributed by atoms with E-state index in [9.17, 15) is 0 Å². The Morgan fingerprint density at radius 2 is 0.766 bits per heavy atom. The number of rotatable bonds is 5. The van der Waals surface area contributed by atoms with Crippen molar-refractivity contribution in [2.45, 2.75) is 38.5 Å². The molecule has 0 atom stereocenters. The Hall–Kier alpha value is -7.56. The normalized spacial score (nSPS) is 14.7. The molecule has 0 radical (unpaired) electrons. The molecule has 9 aromatic rings. The first-order valence-corrected chi connectivity index (χ1v) is 22.4.